The zero-order valence-electron chi connectivity index (χ0n) is 46.6. The molecule has 0 radical (unpaired) electrons. The maximum atomic E-state index is 13.6. The third kappa shape index (κ3) is 19.5. The summed E-state index contributed by atoms with van der Waals surface area (Å²) in [5.74, 6) is -3.64. The molecule has 81 heavy (non-hydrogen) atoms. The van der Waals surface area contributed by atoms with Crippen molar-refractivity contribution in [3.8, 4) is 0 Å². The number of ketones is 2. The van der Waals surface area contributed by atoms with Crippen LogP contribution in [0.15, 0.2) is 99.2 Å². The predicted octanol–water partition coefficient (Wildman–Crippen LogP) is 9.76. The average Bonchev–Trinajstić information content (AvgIpc) is 4.21. The molecule has 8 atom stereocenters. The third-order valence-electron chi connectivity index (χ3n) is 14.9. The number of nitro benzene ring substituents is 2. The van der Waals surface area contributed by atoms with E-state index < -0.39 is 68.8 Å². The number of benzene rings is 2. The lowest BCUT2D eigenvalue weighted by atomic mass is 9.92. The van der Waals surface area contributed by atoms with Crippen LogP contribution in [0.1, 0.15) is 150 Å². The summed E-state index contributed by atoms with van der Waals surface area (Å²) in [6.45, 7) is 19.1. The molecule has 2 aromatic rings. The first kappa shape index (κ1) is 65.8. The number of esters is 4. The maximum absolute atomic E-state index is 13.6. The van der Waals surface area contributed by atoms with Crippen LogP contribution < -0.4 is 5.32 Å². The number of unbranched alkanes of at least 4 members (excludes halogenated alkanes) is 8. The summed E-state index contributed by atoms with van der Waals surface area (Å²) in [6, 6.07) is 8.81. The molecule has 2 saturated heterocycles. The summed E-state index contributed by atoms with van der Waals surface area (Å²) in [7, 11) is 0. The summed E-state index contributed by atoms with van der Waals surface area (Å²) >= 11 is 0. The minimum absolute atomic E-state index is 0.0573. The number of carbonyl (C=O) groups is 8. The Morgan fingerprint density at radius 1 is 0.642 bits per heavy atom. The molecule has 0 aromatic heterocycles. The molecule has 21 heteroatoms. The molecular formula is C60H78N4O17. The van der Waals surface area contributed by atoms with Crippen molar-refractivity contribution in [1.82, 2.24) is 10.2 Å². The van der Waals surface area contributed by atoms with Gasteiger partial charge in [0.1, 0.15) is 12.2 Å². The number of Topliss-reactive ketones (excluding diaryl/α,β-unsaturated/α-hetero) is 2. The topological polar surface area (TPSA) is 295 Å². The molecule has 2 aromatic carbocycles. The first-order valence-corrected chi connectivity index (χ1v) is 27.8. The highest BCUT2D eigenvalue weighted by Crippen LogP contribution is 2.58. The molecule has 4 aliphatic rings. The second-order valence-corrected chi connectivity index (χ2v) is 20.7. The number of hydrogen-bond donors (Lipinski definition) is 2. The van der Waals surface area contributed by atoms with Gasteiger partial charge in [0.25, 0.3) is 11.4 Å². The van der Waals surface area contributed by atoms with E-state index in [1.807, 2.05) is 12.2 Å². The van der Waals surface area contributed by atoms with Crippen LogP contribution in [0.3, 0.4) is 0 Å². The monoisotopic (exact) mass is 1130 g/mol. The van der Waals surface area contributed by atoms with E-state index in [9.17, 15) is 58.6 Å². The fourth-order valence-electron chi connectivity index (χ4n) is 10.1. The molecule has 2 aliphatic heterocycles. The van der Waals surface area contributed by atoms with Crippen molar-refractivity contribution >= 4 is 58.7 Å². The van der Waals surface area contributed by atoms with Crippen molar-refractivity contribution in [2.75, 3.05) is 26.3 Å². The van der Waals surface area contributed by atoms with Crippen LogP contribution in [0.25, 0.3) is 0 Å². The largest absolute Gasteiger partial charge is 0.481 e. The van der Waals surface area contributed by atoms with Crippen LogP contribution in [0.2, 0.25) is 0 Å². The Hall–Kier alpha value is -7.68. The number of carboxylic acid groups (broad SMARTS) is 1. The van der Waals surface area contributed by atoms with Gasteiger partial charge in [0.15, 0.2) is 11.6 Å². The van der Waals surface area contributed by atoms with Gasteiger partial charge in [-0.05, 0) is 101 Å². The van der Waals surface area contributed by atoms with E-state index in [0.29, 0.717) is 38.6 Å². The normalized spacial score (nSPS) is 22.8. The molecule has 4 fully saturated rings. The van der Waals surface area contributed by atoms with Crippen LogP contribution in [0.4, 0.5) is 11.4 Å². The van der Waals surface area contributed by atoms with Gasteiger partial charge in [-0.25, -0.2) is 9.59 Å². The van der Waals surface area contributed by atoms with Gasteiger partial charge < -0.3 is 34.3 Å². The molecule has 2 N–H and O–H groups in total. The molecule has 0 bridgehead atoms. The number of carboxylic acids is 1. The average molecular weight is 1130 g/mol. The minimum atomic E-state index is -0.970. The van der Waals surface area contributed by atoms with E-state index in [1.165, 1.54) is 53.4 Å². The number of allylic oxidation sites excluding steroid dienone is 4. The number of non-ortho nitro benzene ring substituents is 2. The lowest BCUT2D eigenvalue weighted by Gasteiger charge is -2.25. The number of amides is 1. The van der Waals surface area contributed by atoms with E-state index in [2.05, 4.69) is 31.6 Å². The minimum Gasteiger partial charge on any atom is -0.481 e. The lowest BCUT2D eigenvalue weighted by molar-refractivity contribution is -0.385. The highest BCUT2D eigenvalue weighted by atomic mass is 16.6. The molecular weight excluding hydrogens is 1050 g/mol. The number of nitrogens with one attached hydrogen (secondary N) is 1. The lowest BCUT2D eigenvalue weighted by Crippen LogP contribution is -2.42. The molecule has 1 amide bonds. The number of nitrogens with zero attached hydrogens (tertiary/aromatic N) is 3. The van der Waals surface area contributed by atoms with Gasteiger partial charge in [0.2, 0.25) is 5.91 Å². The van der Waals surface area contributed by atoms with Crippen molar-refractivity contribution in [1.29, 1.82) is 0 Å². The van der Waals surface area contributed by atoms with Crippen molar-refractivity contribution in [3.63, 3.8) is 0 Å². The van der Waals surface area contributed by atoms with Gasteiger partial charge in [0.05, 0.1) is 63.6 Å². The molecule has 2 aliphatic carbocycles. The molecule has 2 saturated carbocycles. The number of nitro groups is 2. The van der Waals surface area contributed by atoms with Gasteiger partial charge in [-0.1, -0.05) is 50.0 Å². The van der Waals surface area contributed by atoms with Crippen molar-refractivity contribution in [2.24, 2.45) is 22.7 Å². The maximum Gasteiger partial charge on any atom is 0.338 e. The molecule has 21 nitrogen and oxygen atoms in total. The first-order valence-electron chi connectivity index (χ1n) is 27.8. The summed E-state index contributed by atoms with van der Waals surface area (Å²) < 4.78 is 21.4. The molecule has 440 valence electrons. The van der Waals surface area contributed by atoms with Crippen molar-refractivity contribution < 1.29 is 72.3 Å². The zero-order chi connectivity index (χ0) is 59.7. The van der Waals surface area contributed by atoms with E-state index in [-0.39, 0.29) is 103 Å². The van der Waals surface area contributed by atoms with Gasteiger partial charge in [-0.2, -0.15) is 0 Å². The number of ether oxygens (including phenoxy) is 4. The fourth-order valence-corrected chi connectivity index (χ4v) is 10.1. The second-order valence-electron chi connectivity index (χ2n) is 20.7. The van der Waals surface area contributed by atoms with E-state index in [4.69, 9.17) is 24.1 Å². The quantitative estimate of drug-likeness (QED) is 0.0172. The highest BCUT2D eigenvalue weighted by Gasteiger charge is 2.62. The SMILES string of the molecule is C=CCCCCCCC(=O)N1C[C@@H](OC(=O)c2ccc([N+](=O)[O-])cc2)C[C@H]1C(=O)C[C@]1(C(=O)OCC)C[C@H]1C=C.C=CCCCCCCC(=O)O.C=C[C@@H]1C[C@]1(CC(=O)[C@@H]1C[C@H](OC(=O)c2ccc([N+](=O)[O-])cc2)CN1)C(=O)OCC. The number of carbonyl (C=O) groups excluding carboxylic acids is 7. The van der Waals surface area contributed by atoms with Gasteiger partial charge in [-0.15, -0.1) is 26.3 Å². The van der Waals surface area contributed by atoms with E-state index in [1.54, 1.807) is 26.0 Å². The Kier molecular flexibility index (Phi) is 26.5. The number of likely N-dealkylation sites (tertiary alicyclic amines) is 1. The van der Waals surface area contributed by atoms with Crippen LogP contribution in [0, 0.1) is 42.9 Å². The van der Waals surface area contributed by atoms with Crippen LogP contribution in [0.5, 0.6) is 0 Å². The first-order chi connectivity index (χ1) is 38.7. The molecule has 6 rings (SSSR count). The van der Waals surface area contributed by atoms with E-state index in [0.717, 1.165) is 57.8 Å². The van der Waals surface area contributed by atoms with Crippen molar-refractivity contribution in [3.05, 3.63) is 131 Å². The van der Waals surface area contributed by atoms with Gasteiger partial charge >= 0.3 is 29.8 Å². The summed E-state index contributed by atoms with van der Waals surface area (Å²) in [5.41, 5.74) is -1.74. The summed E-state index contributed by atoms with van der Waals surface area (Å²) in [5, 5.41) is 32.9. The fraction of sp³-hybridized carbons (Fsp3) is 0.533. The van der Waals surface area contributed by atoms with Crippen molar-refractivity contribution in [2.45, 2.75) is 154 Å². The summed E-state index contributed by atoms with van der Waals surface area (Å²) in [4.78, 5) is 122. The highest BCUT2D eigenvalue weighted by molar-refractivity contribution is 5.96. The summed E-state index contributed by atoms with van der Waals surface area (Å²) in [6.07, 6.45) is 17.4. The number of aliphatic carboxylic acids is 1. The molecule has 2 heterocycles. The Balaban J connectivity index is 0.000000302. The zero-order valence-corrected chi connectivity index (χ0v) is 46.6. The Bertz CT molecular complexity index is 2580. The Morgan fingerprint density at radius 2 is 1.09 bits per heavy atom. The van der Waals surface area contributed by atoms with Gasteiger partial charge in [-0.3, -0.25) is 49.0 Å². The number of rotatable bonds is 32. The molecule has 0 unspecified atom stereocenters. The number of hydrogen-bond acceptors (Lipinski definition) is 17. The third-order valence-corrected chi connectivity index (χ3v) is 14.9. The smallest absolute Gasteiger partial charge is 0.338 e. The standard InChI is InChI=1S/C30H38N2O8.C21H24N2O7.C9H16O2/c1-4-7-8-9-10-11-12-27(34)31-20-24(40-28(35)21-13-15-23(16-14-21)32(37)38)17-25(31)26(33)19-30(18-22(30)5-2)29(36)39-6-3;1-3-14-10-21(14,20(26)29-4-2)11-18(24)17-9-16(12-22-17)30-19(25)13-5-7-15(8-6-13)23(27)28;1-2-3-4-5-6-7-8-9(10)11/h4-5,13-16,22,24-25H,1-2,6-12,17-20H2,3H3;3,5-8,14,16-17,22H,1,4,9-12H2,2H3;2H,1,3-8H2,(H,10,11)/t22-,24+,25+,30-;14-,16+,17+,21-;/m11./s1. The van der Waals surface area contributed by atoms with Crippen LogP contribution in [-0.2, 0) is 47.7 Å². The Labute approximate surface area is 472 Å². The Morgan fingerprint density at radius 3 is 1.51 bits per heavy atom. The van der Waals surface area contributed by atoms with Crippen LogP contribution in [-0.4, -0.2) is 118 Å². The van der Waals surface area contributed by atoms with Crippen LogP contribution >= 0.6 is 0 Å². The molecule has 0 spiro atoms. The van der Waals surface area contributed by atoms with Gasteiger partial charge in [0, 0.05) is 69.3 Å². The second kappa shape index (κ2) is 32.5. The predicted molar refractivity (Wildman–Crippen MR) is 299 cm³/mol. The van der Waals surface area contributed by atoms with E-state index >= 15 is 0 Å².